The zero-order valence-electron chi connectivity index (χ0n) is 21.3. The number of halogens is 3. The summed E-state index contributed by atoms with van der Waals surface area (Å²) in [5.41, 5.74) is 2.64. The Bertz CT molecular complexity index is 1740. The highest BCUT2D eigenvalue weighted by molar-refractivity contribution is 8.00. The van der Waals surface area contributed by atoms with Crippen LogP contribution in [-0.2, 0) is 21.8 Å². The minimum Gasteiger partial charge on any atom is -0.507 e. The van der Waals surface area contributed by atoms with Gasteiger partial charge in [-0.1, -0.05) is 82.2 Å². The number of carbonyl (C=O) groups is 2. The smallest absolute Gasteiger partial charge is 0.301 e. The van der Waals surface area contributed by atoms with Gasteiger partial charge in [-0.05, 0) is 60.0 Å². The number of amides is 1. The van der Waals surface area contributed by atoms with Gasteiger partial charge in [0.15, 0.2) is 4.34 Å². The Balaban J connectivity index is 1.41. The molecule has 1 amide bonds. The second-order valence-corrected chi connectivity index (χ2v) is 12.9. The third-order valence-electron chi connectivity index (χ3n) is 6.78. The van der Waals surface area contributed by atoms with Crippen LogP contribution in [0.25, 0.3) is 5.76 Å². The molecule has 4 aromatic rings. The molecular formula is C29H20Cl3N3O4S2. The number of benzene rings is 3. The number of aliphatic hydroxyl groups excluding tert-OH is 1. The number of nitrogens with zero attached hydrogens (tertiary/aromatic N) is 3. The number of fused-ring (bicyclic) bond motifs is 1. The molecule has 41 heavy (non-hydrogen) atoms. The van der Waals surface area contributed by atoms with Crippen molar-refractivity contribution < 1.29 is 19.4 Å². The topological polar surface area (TPSA) is 92.6 Å². The van der Waals surface area contributed by atoms with E-state index >= 15 is 0 Å². The van der Waals surface area contributed by atoms with Crippen molar-refractivity contribution in [3.8, 4) is 5.75 Å². The standard InChI is InChI=1S/C29H20Cl3N3O4S2/c1-14-10-18-11-16(7-9-22(18)39-14)25(36)23-24(15-6-8-20(31)21(32)12-15)35(27(38)26(23)37)28-33-34-29(41-28)40-13-17-4-2-3-5-19(17)30/h2-9,11-12,14,24,36H,10,13H2,1H3/b25-23+. The van der Waals surface area contributed by atoms with E-state index in [1.165, 1.54) is 16.7 Å². The lowest BCUT2D eigenvalue weighted by atomic mass is 9.94. The average Bonchev–Trinajstić information content (AvgIpc) is 3.64. The van der Waals surface area contributed by atoms with Gasteiger partial charge in [0.2, 0.25) is 5.13 Å². The fourth-order valence-electron chi connectivity index (χ4n) is 4.87. The first kappa shape index (κ1) is 28.1. The first-order chi connectivity index (χ1) is 19.7. The summed E-state index contributed by atoms with van der Waals surface area (Å²) in [4.78, 5) is 28.3. The number of aromatic nitrogens is 2. The molecule has 3 heterocycles. The monoisotopic (exact) mass is 643 g/mol. The molecule has 2 unspecified atom stereocenters. The number of ether oxygens (including phenoxy) is 1. The van der Waals surface area contributed by atoms with Crippen molar-refractivity contribution in [2.24, 2.45) is 0 Å². The molecule has 0 bridgehead atoms. The van der Waals surface area contributed by atoms with Gasteiger partial charge in [0, 0.05) is 22.8 Å². The van der Waals surface area contributed by atoms with Crippen molar-refractivity contribution >= 4 is 80.5 Å². The van der Waals surface area contributed by atoms with Crippen LogP contribution in [0.3, 0.4) is 0 Å². The molecule has 12 heteroatoms. The summed E-state index contributed by atoms with van der Waals surface area (Å²) in [7, 11) is 0. The third-order valence-corrected chi connectivity index (χ3v) is 10.00. The Labute approximate surface area is 258 Å². The van der Waals surface area contributed by atoms with Crippen molar-refractivity contribution in [2.45, 2.75) is 35.6 Å². The number of Topliss-reactive ketones (excluding diaryl/α,β-unsaturated/α-hetero) is 1. The van der Waals surface area contributed by atoms with E-state index in [9.17, 15) is 14.7 Å². The van der Waals surface area contributed by atoms with Gasteiger partial charge in [0.25, 0.3) is 5.78 Å². The Morgan fingerprint density at radius 1 is 1.05 bits per heavy atom. The minimum absolute atomic E-state index is 0.00608. The molecule has 1 saturated heterocycles. The van der Waals surface area contributed by atoms with Gasteiger partial charge >= 0.3 is 5.91 Å². The number of carbonyl (C=O) groups excluding carboxylic acids is 2. The Hall–Kier alpha value is -3.08. The van der Waals surface area contributed by atoms with Gasteiger partial charge in [-0.3, -0.25) is 14.5 Å². The lowest BCUT2D eigenvalue weighted by molar-refractivity contribution is -0.132. The lowest BCUT2D eigenvalue weighted by Crippen LogP contribution is -2.29. The van der Waals surface area contributed by atoms with E-state index in [-0.39, 0.29) is 27.6 Å². The predicted molar refractivity (Wildman–Crippen MR) is 162 cm³/mol. The van der Waals surface area contributed by atoms with Gasteiger partial charge < -0.3 is 9.84 Å². The molecule has 2 aliphatic heterocycles. The zero-order valence-corrected chi connectivity index (χ0v) is 25.2. The van der Waals surface area contributed by atoms with Crippen molar-refractivity contribution in [3.63, 3.8) is 0 Å². The number of hydrogen-bond acceptors (Lipinski definition) is 8. The maximum atomic E-state index is 13.5. The summed E-state index contributed by atoms with van der Waals surface area (Å²) < 4.78 is 6.36. The van der Waals surface area contributed by atoms with Crippen LogP contribution in [0.4, 0.5) is 5.13 Å². The molecule has 1 N–H and O–H groups in total. The highest BCUT2D eigenvalue weighted by Crippen LogP contribution is 2.45. The van der Waals surface area contributed by atoms with Crippen molar-refractivity contribution in [2.75, 3.05) is 4.90 Å². The number of rotatable bonds is 6. The van der Waals surface area contributed by atoms with Crippen LogP contribution in [0, 0.1) is 0 Å². The summed E-state index contributed by atoms with van der Waals surface area (Å²) in [6.07, 6.45) is 0.673. The molecule has 0 spiro atoms. The third kappa shape index (κ3) is 5.33. The van der Waals surface area contributed by atoms with Crippen molar-refractivity contribution in [1.82, 2.24) is 10.2 Å². The molecule has 0 aliphatic carbocycles. The highest BCUT2D eigenvalue weighted by atomic mass is 35.5. The maximum Gasteiger partial charge on any atom is 0.301 e. The molecule has 3 aromatic carbocycles. The quantitative estimate of drug-likeness (QED) is 0.0755. The molecule has 208 valence electrons. The fourth-order valence-corrected chi connectivity index (χ4v) is 7.33. The Morgan fingerprint density at radius 3 is 2.63 bits per heavy atom. The number of thioether (sulfide) groups is 1. The second-order valence-electron chi connectivity index (χ2n) is 9.53. The van der Waals surface area contributed by atoms with E-state index in [4.69, 9.17) is 39.5 Å². The van der Waals surface area contributed by atoms with Gasteiger partial charge in [0.05, 0.1) is 21.7 Å². The largest absolute Gasteiger partial charge is 0.507 e. The molecule has 6 rings (SSSR count). The zero-order chi connectivity index (χ0) is 28.8. The van der Waals surface area contributed by atoms with Crippen molar-refractivity contribution in [1.29, 1.82) is 0 Å². The molecular weight excluding hydrogens is 625 g/mol. The first-order valence-electron chi connectivity index (χ1n) is 12.5. The van der Waals surface area contributed by atoms with Crippen molar-refractivity contribution in [3.05, 3.63) is 104 Å². The van der Waals surface area contributed by atoms with Crippen LogP contribution in [0.2, 0.25) is 15.1 Å². The summed E-state index contributed by atoms with van der Waals surface area (Å²) in [5.74, 6) is -0.707. The van der Waals surface area contributed by atoms with Crippen LogP contribution in [0.5, 0.6) is 5.75 Å². The molecule has 0 radical (unpaired) electrons. The molecule has 1 fully saturated rings. The normalized spacial score (nSPS) is 19.5. The molecule has 1 aromatic heterocycles. The lowest BCUT2D eigenvalue weighted by Gasteiger charge is -2.23. The Kier molecular flexibility index (Phi) is 7.74. The highest BCUT2D eigenvalue weighted by Gasteiger charge is 2.48. The number of anilines is 1. The fraction of sp³-hybridized carbons (Fsp3) is 0.172. The number of aliphatic hydroxyl groups is 1. The van der Waals surface area contributed by atoms with Gasteiger partial charge in [-0.15, -0.1) is 10.2 Å². The molecule has 2 aliphatic rings. The van der Waals surface area contributed by atoms with E-state index in [0.29, 0.717) is 37.7 Å². The van der Waals surface area contributed by atoms with E-state index < -0.39 is 17.7 Å². The van der Waals surface area contributed by atoms with Gasteiger partial charge in [0.1, 0.15) is 17.6 Å². The van der Waals surface area contributed by atoms with E-state index in [2.05, 4.69) is 10.2 Å². The summed E-state index contributed by atoms with van der Waals surface area (Å²) in [6.45, 7) is 1.96. The van der Waals surface area contributed by atoms with Crippen LogP contribution in [-0.4, -0.2) is 33.1 Å². The van der Waals surface area contributed by atoms with Gasteiger partial charge in [-0.2, -0.15) is 0 Å². The Morgan fingerprint density at radius 2 is 1.85 bits per heavy atom. The maximum absolute atomic E-state index is 13.5. The summed E-state index contributed by atoms with van der Waals surface area (Å²) in [5, 5.41) is 21.4. The SMILES string of the molecule is CC1Cc2cc(/C(O)=C3\C(=O)C(=O)N(c4nnc(SCc5ccccc5Cl)s4)C3c3ccc(Cl)c(Cl)c3)ccc2O1. The summed E-state index contributed by atoms with van der Waals surface area (Å²) >= 11 is 21.4. The molecule has 7 nitrogen and oxygen atoms in total. The second kappa shape index (κ2) is 11.3. The predicted octanol–water partition coefficient (Wildman–Crippen LogP) is 7.74. The first-order valence-corrected chi connectivity index (χ1v) is 15.4. The van der Waals surface area contributed by atoms with Crippen LogP contribution in [0.1, 0.15) is 35.2 Å². The minimum atomic E-state index is -1.01. The van der Waals surface area contributed by atoms with Crippen LogP contribution < -0.4 is 9.64 Å². The number of ketones is 1. The van der Waals surface area contributed by atoms with Gasteiger partial charge in [-0.25, -0.2) is 0 Å². The molecule has 2 atom stereocenters. The number of hydrogen-bond donors (Lipinski definition) is 1. The average molecular weight is 645 g/mol. The van der Waals surface area contributed by atoms with Crippen LogP contribution >= 0.6 is 57.9 Å². The van der Waals surface area contributed by atoms with E-state index in [1.807, 2.05) is 31.2 Å². The van der Waals surface area contributed by atoms with E-state index in [1.54, 1.807) is 36.4 Å². The molecule has 0 saturated carbocycles. The summed E-state index contributed by atoms with van der Waals surface area (Å²) in [6, 6.07) is 16.5. The van der Waals surface area contributed by atoms with Crippen LogP contribution in [0.15, 0.2) is 70.6 Å². The van der Waals surface area contributed by atoms with E-state index in [0.717, 1.165) is 28.2 Å².